The molecule has 120 valence electrons. The number of aldehydes is 1. The Morgan fingerprint density at radius 3 is 2.41 bits per heavy atom. The summed E-state index contributed by atoms with van der Waals surface area (Å²) in [7, 11) is 0. The van der Waals surface area contributed by atoms with Crippen LogP contribution in [0, 0.1) is 0 Å². The fourth-order valence-corrected chi connectivity index (χ4v) is 1.67. The summed E-state index contributed by atoms with van der Waals surface area (Å²) >= 11 is 5.82. The Morgan fingerprint density at radius 2 is 1.82 bits per heavy atom. The molecular weight excluding hydrogens is 296 g/mol. The molecule has 4 heteroatoms. The van der Waals surface area contributed by atoms with E-state index in [2.05, 4.69) is 10.3 Å². The number of hydrogen-bond acceptors (Lipinski definition) is 2. The van der Waals surface area contributed by atoms with Crippen molar-refractivity contribution in [3.63, 3.8) is 0 Å². The lowest BCUT2D eigenvalue weighted by atomic mass is 10.2. The van der Waals surface area contributed by atoms with Crippen LogP contribution in [0.25, 0.3) is 0 Å². The third-order valence-corrected chi connectivity index (χ3v) is 2.78. The molecule has 0 amide bonds. The molecule has 0 radical (unpaired) electrons. The Hall–Kier alpha value is -1.87. The number of carbonyl (C=O) groups is 1. The Bertz CT molecular complexity index is 516. The molecule has 0 spiro atoms. The van der Waals surface area contributed by atoms with Crippen LogP contribution in [0.1, 0.15) is 39.7 Å². The lowest BCUT2D eigenvalue weighted by Gasteiger charge is -2.03. The minimum Gasteiger partial charge on any atom is -0.349 e. The van der Waals surface area contributed by atoms with Crippen molar-refractivity contribution < 1.29 is 4.79 Å². The lowest BCUT2D eigenvalue weighted by Crippen LogP contribution is -2.16. The van der Waals surface area contributed by atoms with E-state index in [0.29, 0.717) is 18.5 Å². The fraction of sp³-hybridized carbons (Fsp3) is 0.333. The van der Waals surface area contributed by atoms with Gasteiger partial charge in [0.25, 0.3) is 0 Å². The van der Waals surface area contributed by atoms with Gasteiger partial charge in [-0.3, -0.25) is 9.79 Å². The second kappa shape index (κ2) is 12.8. The molecule has 1 heterocycles. The average molecular weight is 321 g/mol. The minimum atomic E-state index is 0.595. The number of carbonyl (C=O) groups excluding carboxylic acids is 1. The summed E-state index contributed by atoms with van der Waals surface area (Å²) in [5, 5.41) is 3.76. The molecule has 0 atom stereocenters. The number of nitrogens with one attached hydrogen (secondary N) is 1. The number of nitrogens with zero attached hydrogens (tertiary/aromatic N) is 1. The van der Waals surface area contributed by atoms with Gasteiger partial charge in [-0.15, -0.1) is 0 Å². The van der Waals surface area contributed by atoms with Crippen molar-refractivity contribution in [2.75, 3.05) is 0 Å². The maximum absolute atomic E-state index is 10.6. The summed E-state index contributed by atoms with van der Waals surface area (Å²) in [6.45, 7) is 8.59. The predicted molar refractivity (Wildman–Crippen MR) is 96.3 cm³/mol. The van der Waals surface area contributed by atoms with Crippen LogP contribution in [-0.2, 0) is 11.3 Å². The van der Waals surface area contributed by atoms with Crippen molar-refractivity contribution in [1.29, 1.82) is 0 Å². The highest BCUT2D eigenvalue weighted by atomic mass is 35.5. The maximum atomic E-state index is 10.6. The SMILES string of the molecule is CC.CC.O=CC1=CNC(=NCc2ccc(Cl)cc2)CC=C1. The number of hydrogen-bond donors (Lipinski definition) is 1. The summed E-state index contributed by atoms with van der Waals surface area (Å²) in [6.07, 6.45) is 6.87. The Morgan fingerprint density at radius 1 is 1.18 bits per heavy atom. The summed E-state index contributed by atoms with van der Waals surface area (Å²) in [5.74, 6) is 0.845. The van der Waals surface area contributed by atoms with Gasteiger partial charge < -0.3 is 5.32 Å². The van der Waals surface area contributed by atoms with E-state index in [9.17, 15) is 4.79 Å². The molecule has 0 saturated heterocycles. The van der Waals surface area contributed by atoms with E-state index < -0.39 is 0 Å². The van der Waals surface area contributed by atoms with Gasteiger partial charge in [-0.05, 0) is 17.7 Å². The van der Waals surface area contributed by atoms with Crippen LogP contribution in [0.15, 0.2) is 53.2 Å². The Labute approximate surface area is 138 Å². The van der Waals surface area contributed by atoms with Crippen LogP contribution in [-0.4, -0.2) is 12.1 Å². The van der Waals surface area contributed by atoms with Crippen LogP contribution in [0.4, 0.5) is 0 Å². The number of amidine groups is 1. The van der Waals surface area contributed by atoms with Gasteiger partial charge in [0.05, 0.1) is 6.54 Å². The number of benzene rings is 1. The third kappa shape index (κ3) is 7.79. The van der Waals surface area contributed by atoms with Gasteiger partial charge in [0.2, 0.25) is 0 Å². The van der Waals surface area contributed by atoms with Gasteiger partial charge in [0, 0.05) is 23.2 Å². The first-order chi connectivity index (χ1) is 10.8. The van der Waals surface area contributed by atoms with Gasteiger partial charge in [-0.25, -0.2) is 0 Å². The van der Waals surface area contributed by atoms with Crippen LogP contribution < -0.4 is 5.32 Å². The number of aliphatic imine (C=N–C) groups is 1. The van der Waals surface area contributed by atoms with E-state index in [1.54, 1.807) is 12.3 Å². The normalized spacial score (nSPS) is 14.4. The molecule has 1 aromatic carbocycles. The quantitative estimate of drug-likeness (QED) is 0.803. The van der Waals surface area contributed by atoms with Gasteiger partial charge in [0.1, 0.15) is 5.84 Å². The first-order valence-electron chi connectivity index (χ1n) is 7.64. The predicted octanol–water partition coefficient (Wildman–Crippen LogP) is 4.92. The highest BCUT2D eigenvalue weighted by Gasteiger charge is 2.00. The average Bonchev–Trinajstić information content (AvgIpc) is 2.83. The summed E-state index contributed by atoms with van der Waals surface area (Å²) in [6, 6.07) is 7.60. The zero-order valence-corrected chi connectivity index (χ0v) is 14.5. The molecule has 0 aromatic heterocycles. The number of rotatable bonds is 3. The Kier molecular flexibility index (Phi) is 11.7. The van der Waals surface area contributed by atoms with E-state index in [1.165, 1.54) is 0 Å². The van der Waals surface area contributed by atoms with Crippen LogP contribution >= 0.6 is 11.6 Å². The zero-order valence-electron chi connectivity index (χ0n) is 13.8. The zero-order chi connectivity index (χ0) is 16.8. The first-order valence-corrected chi connectivity index (χ1v) is 8.02. The highest BCUT2D eigenvalue weighted by molar-refractivity contribution is 6.30. The maximum Gasteiger partial charge on any atom is 0.151 e. The molecule has 1 aromatic rings. The van der Waals surface area contributed by atoms with Crippen molar-refractivity contribution >= 4 is 23.7 Å². The molecule has 1 N–H and O–H groups in total. The van der Waals surface area contributed by atoms with E-state index >= 15 is 0 Å². The van der Waals surface area contributed by atoms with E-state index in [-0.39, 0.29) is 0 Å². The van der Waals surface area contributed by atoms with Gasteiger partial charge in [-0.1, -0.05) is 63.6 Å². The first kappa shape index (κ1) is 20.1. The monoisotopic (exact) mass is 320 g/mol. The summed E-state index contributed by atoms with van der Waals surface area (Å²) < 4.78 is 0. The molecule has 0 aliphatic carbocycles. The molecule has 1 aliphatic heterocycles. The van der Waals surface area contributed by atoms with Gasteiger partial charge >= 0.3 is 0 Å². The summed E-state index contributed by atoms with van der Waals surface area (Å²) in [5.41, 5.74) is 1.72. The molecule has 0 fully saturated rings. The Balaban J connectivity index is 0.00000102. The van der Waals surface area contributed by atoms with Gasteiger partial charge in [0.15, 0.2) is 6.29 Å². The van der Waals surface area contributed by atoms with E-state index in [1.807, 2.05) is 58.0 Å². The van der Waals surface area contributed by atoms with Crippen molar-refractivity contribution in [1.82, 2.24) is 5.32 Å². The second-order valence-corrected chi connectivity index (χ2v) is 4.34. The molecule has 1 aliphatic rings. The van der Waals surface area contributed by atoms with Gasteiger partial charge in [-0.2, -0.15) is 0 Å². The van der Waals surface area contributed by atoms with Crippen LogP contribution in [0.5, 0.6) is 0 Å². The lowest BCUT2D eigenvalue weighted by molar-refractivity contribution is -0.104. The van der Waals surface area contributed by atoms with Crippen molar-refractivity contribution in [2.24, 2.45) is 4.99 Å². The van der Waals surface area contributed by atoms with Crippen molar-refractivity contribution in [3.05, 3.63) is 58.8 Å². The molecule has 0 unspecified atom stereocenters. The molecule has 0 bridgehead atoms. The molecule has 22 heavy (non-hydrogen) atoms. The van der Waals surface area contributed by atoms with Crippen LogP contribution in [0.2, 0.25) is 5.02 Å². The molecule has 0 saturated carbocycles. The van der Waals surface area contributed by atoms with Crippen molar-refractivity contribution in [2.45, 2.75) is 40.7 Å². The smallest absolute Gasteiger partial charge is 0.151 e. The van der Waals surface area contributed by atoms with Crippen LogP contribution in [0.3, 0.4) is 0 Å². The number of allylic oxidation sites excluding steroid dienone is 2. The van der Waals surface area contributed by atoms with E-state index in [4.69, 9.17) is 11.6 Å². The minimum absolute atomic E-state index is 0.595. The summed E-state index contributed by atoms with van der Waals surface area (Å²) in [4.78, 5) is 15.1. The van der Waals surface area contributed by atoms with Crippen molar-refractivity contribution in [3.8, 4) is 0 Å². The standard InChI is InChI=1S/C14H13ClN2O.2C2H6/c15-13-6-4-11(5-7-13)8-16-14-3-1-2-12(10-18)9-17-14;2*1-2/h1-2,4-7,9-10H,3,8H2,(H,16,17);2*1-2H3. The number of halogens is 1. The highest BCUT2D eigenvalue weighted by Crippen LogP contribution is 2.10. The fourth-order valence-electron chi connectivity index (χ4n) is 1.54. The molecular formula is C18H25ClN2O. The largest absolute Gasteiger partial charge is 0.349 e. The third-order valence-electron chi connectivity index (χ3n) is 2.53. The topological polar surface area (TPSA) is 41.5 Å². The molecule has 2 rings (SSSR count). The second-order valence-electron chi connectivity index (χ2n) is 3.90. The van der Waals surface area contributed by atoms with E-state index in [0.717, 1.165) is 22.7 Å². The molecule has 3 nitrogen and oxygen atoms in total.